The quantitative estimate of drug-likeness (QED) is 0.344. The number of isocyanates is 2. The number of ether oxygens (including phenoxy) is 1. The molecule has 23 heavy (non-hydrogen) atoms. The van der Waals surface area contributed by atoms with Crippen molar-refractivity contribution in [3.63, 3.8) is 0 Å². The van der Waals surface area contributed by atoms with Crippen LogP contribution in [0.1, 0.15) is 45.4 Å². The van der Waals surface area contributed by atoms with Crippen molar-refractivity contribution in [2.75, 3.05) is 6.61 Å². The number of carbonyl (C=O) groups excluding carboxylic acids is 3. The lowest BCUT2D eigenvalue weighted by atomic mass is 10.0. The highest BCUT2D eigenvalue weighted by molar-refractivity contribution is 5.78. The molecular formula is C14H25N3O6. The molecule has 0 aromatic rings. The zero-order valence-electron chi connectivity index (χ0n) is 13.3. The molecule has 9 heteroatoms. The molecule has 0 unspecified atom stereocenters. The van der Waals surface area contributed by atoms with Crippen LogP contribution in [-0.4, -0.2) is 35.9 Å². The molecule has 0 aliphatic heterocycles. The fraction of sp³-hybridized carbons (Fsp3) is 0.571. The van der Waals surface area contributed by atoms with Crippen molar-refractivity contribution >= 4 is 24.2 Å². The van der Waals surface area contributed by atoms with Gasteiger partial charge in [0.15, 0.2) is 0 Å². The van der Waals surface area contributed by atoms with Crippen LogP contribution in [0, 0.1) is 10.8 Å². The Labute approximate surface area is 135 Å². The van der Waals surface area contributed by atoms with E-state index in [0.717, 1.165) is 18.2 Å². The van der Waals surface area contributed by atoms with Gasteiger partial charge in [-0.2, -0.15) is 0 Å². The van der Waals surface area contributed by atoms with Crippen LogP contribution in [0.4, 0.5) is 4.79 Å². The van der Waals surface area contributed by atoms with Gasteiger partial charge in [-0.1, -0.05) is 45.1 Å². The molecular weight excluding hydrogens is 306 g/mol. The summed E-state index contributed by atoms with van der Waals surface area (Å²) in [7, 11) is 0. The number of primary amides is 1. The molecule has 132 valence electrons. The maximum Gasteiger partial charge on any atom is 0.404 e. The van der Waals surface area contributed by atoms with E-state index in [4.69, 9.17) is 25.5 Å². The number of hydrogen-bond donors (Lipinski definition) is 4. The summed E-state index contributed by atoms with van der Waals surface area (Å²) >= 11 is 0. The molecule has 0 aromatic carbocycles. The number of hydrogen-bond acceptors (Lipinski definition) is 7. The average molecular weight is 331 g/mol. The van der Waals surface area contributed by atoms with Crippen LogP contribution in [-0.2, 0) is 19.1 Å². The number of amides is 1. The molecule has 5 N–H and O–H groups in total. The van der Waals surface area contributed by atoms with Crippen molar-refractivity contribution in [1.82, 2.24) is 0 Å². The van der Waals surface area contributed by atoms with Crippen LogP contribution < -0.4 is 5.73 Å². The third-order valence-electron chi connectivity index (χ3n) is 1.96. The van der Waals surface area contributed by atoms with Gasteiger partial charge in [0.05, 0.1) is 6.61 Å². The van der Waals surface area contributed by atoms with E-state index in [9.17, 15) is 9.59 Å². The van der Waals surface area contributed by atoms with Gasteiger partial charge in [-0.3, -0.25) is 0 Å². The molecule has 1 aliphatic rings. The standard InChI is InChI=1S/C6H12.C3H7NO2.C3H4O2.2CHNO/c1-2-4-6-5-3-1;1-2-6-3(4)5;1-2-3(4)5;2*2-1-3/h1-6H2;2H2,1H3,(H2,4,5);2H,1H2,(H,4,5);2*2H. The monoisotopic (exact) mass is 331 g/mol. The molecule has 0 aromatic heterocycles. The van der Waals surface area contributed by atoms with Crippen molar-refractivity contribution in [2.45, 2.75) is 45.4 Å². The largest absolute Gasteiger partial charge is 0.478 e. The van der Waals surface area contributed by atoms with Crippen molar-refractivity contribution in [3.05, 3.63) is 12.7 Å². The summed E-state index contributed by atoms with van der Waals surface area (Å²) in [6.45, 7) is 5.02. The van der Waals surface area contributed by atoms with Gasteiger partial charge in [-0.25, -0.2) is 30.0 Å². The number of aliphatic carboxylic acids is 1. The summed E-state index contributed by atoms with van der Waals surface area (Å²) in [6.07, 6.45) is 10.6. The summed E-state index contributed by atoms with van der Waals surface area (Å²) in [6, 6.07) is 0. The van der Waals surface area contributed by atoms with Crippen molar-refractivity contribution in [3.8, 4) is 0 Å². The van der Waals surface area contributed by atoms with Gasteiger partial charge in [0.25, 0.3) is 0 Å². The number of carboxylic acids is 1. The van der Waals surface area contributed by atoms with E-state index >= 15 is 0 Å². The van der Waals surface area contributed by atoms with Crippen LogP contribution in [0.2, 0.25) is 0 Å². The molecule has 1 amide bonds. The summed E-state index contributed by atoms with van der Waals surface area (Å²) in [4.78, 5) is 35.5. The molecule has 1 rings (SSSR count). The van der Waals surface area contributed by atoms with Crippen LogP contribution in [0.3, 0.4) is 0 Å². The smallest absolute Gasteiger partial charge is 0.404 e. The predicted octanol–water partition coefficient (Wildman–Crippen LogP) is 2.50. The van der Waals surface area contributed by atoms with E-state index in [1.54, 1.807) is 6.92 Å². The normalized spacial score (nSPS) is 10.3. The van der Waals surface area contributed by atoms with Gasteiger partial charge in [0.1, 0.15) is 0 Å². The van der Waals surface area contributed by atoms with Crippen molar-refractivity contribution < 1.29 is 29.0 Å². The Morgan fingerprint density at radius 3 is 1.39 bits per heavy atom. The second-order valence-electron chi connectivity index (χ2n) is 3.62. The maximum absolute atomic E-state index is 9.60. The zero-order chi connectivity index (χ0) is 18.9. The lowest BCUT2D eigenvalue weighted by Gasteiger charge is -2.05. The molecule has 1 fully saturated rings. The summed E-state index contributed by atoms with van der Waals surface area (Å²) < 4.78 is 4.18. The van der Waals surface area contributed by atoms with Crippen molar-refractivity contribution in [1.29, 1.82) is 10.8 Å². The third kappa shape index (κ3) is 84.2. The Bertz CT molecular complexity index is 332. The molecule has 0 bridgehead atoms. The number of nitrogens with one attached hydrogen (secondary N) is 2. The Morgan fingerprint density at radius 1 is 1.13 bits per heavy atom. The van der Waals surface area contributed by atoms with E-state index in [1.807, 2.05) is 0 Å². The first-order valence-electron chi connectivity index (χ1n) is 6.73. The molecule has 0 saturated heterocycles. The Balaban J connectivity index is -0.000000102. The number of nitrogens with two attached hydrogens (primary N) is 1. The van der Waals surface area contributed by atoms with Crippen LogP contribution in [0.5, 0.6) is 0 Å². The van der Waals surface area contributed by atoms with Gasteiger partial charge >= 0.3 is 12.1 Å². The second kappa shape index (κ2) is 31.6. The first-order chi connectivity index (χ1) is 10.9. The van der Waals surface area contributed by atoms with Gasteiger partial charge in [-0.15, -0.1) is 0 Å². The molecule has 0 radical (unpaired) electrons. The van der Waals surface area contributed by atoms with Gasteiger partial charge < -0.3 is 15.6 Å². The average Bonchev–Trinajstić information content (AvgIpc) is 2.51. The van der Waals surface area contributed by atoms with Crippen molar-refractivity contribution in [2.24, 2.45) is 5.73 Å². The minimum absolute atomic E-state index is 0.356. The second-order valence-corrected chi connectivity index (χ2v) is 3.62. The number of rotatable bonds is 2. The van der Waals surface area contributed by atoms with Crippen LogP contribution in [0.15, 0.2) is 12.7 Å². The summed E-state index contributed by atoms with van der Waals surface area (Å²) in [5.74, 6) is -0.981. The maximum atomic E-state index is 9.60. The SMILES string of the molecule is C1CCCCC1.C=CC(=O)O.CCOC(N)=O.N=C=O.N=C=O. The highest BCUT2D eigenvalue weighted by Gasteiger charge is 1.95. The number of carboxylic acid groups (broad SMARTS) is 1. The topological polar surface area (TPSA) is 171 Å². The van der Waals surface area contributed by atoms with E-state index < -0.39 is 12.1 Å². The minimum Gasteiger partial charge on any atom is -0.478 e. The Morgan fingerprint density at radius 2 is 1.35 bits per heavy atom. The Hall–Kier alpha value is -2.76. The lowest BCUT2D eigenvalue weighted by molar-refractivity contribution is -0.131. The van der Waals surface area contributed by atoms with E-state index in [1.165, 1.54) is 38.5 Å². The van der Waals surface area contributed by atoms with Crippen LogP contribution >= 0.6 is 0 Å². The van der Waals surface area contributed by atoms with Gasteiger partial charge in [-0.05, 0) is 6.92 Å². The fourth-order valence-corrected chi connectivity index (χ4v) is 1.20. The lowest BCUT2D eigenvalue weighted by Crippen LogP contribution is -2.11. The highest BCUT2D eigenvalue weighted by Crippen LogP contribution is 2.15. The van der Waals surface area contributed by atoms with Gasteiger partial charge in [0.2, 0.25) is 12.2 Å². The van der Waals surface area contributed by atoms with E-state index in [0.29, 0.717) is 6.61 Å². The molecule has 1 aliphatic carbocycles. The molecule has 0 atom stereocenters. The fourth-order valence-electron chi connectivity index (χ4n) is 1.20. The van der Waals surface area contributed by atoms with Crippen LogP contribution in [0.25, 0.3) is 0 Å². The summed E-state index contributed by atoms with van der Waals surface area (Å²) in [5.41, 5.74) is 4.54. The first-order valence-corrected chi connectivity index (χ1v) is 6.73. The molecule has 1 saturated carbocycles. The Kier molecular flexibility index (Phi) is 39.0. The number of carbonyl (C=O) groups is 2. The summed E-state index contributed by atoms with van der Waals surface area (Å²) in [5, 5.41) is 18.4. The molecule has 9 nitrogen and oxygen atoms in total. The zero-order valence-corrected chi connectivity index (χ0v) is 13.3. The predicted molar refractivity (Wildman–Crippen MR) is 83.6 cm³/mol. The van der Waals surface area contributed by atoms with E-state index in [-0.39, 0.29) is 0 Å². The van der Waals surface area contributed by atoms with E-state index in [2.05, 4.69) is 17.0 Å². The molecule has 0 spiro atoms. The third-order valence-corrected chi connectivity index (χ3v) is 1.96. The highest BCUT2D eigenvalue weighted by atomic mass is 16.5. The van der Waals surface area contributed by atoms with Gasteiger partial charge in [0, 0.05) is 6.08 Å². The first kappa shape index (κ1) is 28.4. The minimum atomic E-state index is -0.981. The molecule has 0 heterocycles.